The number of thiazole rings is 1. The van der Waals surface area contributed by atoms with Crippen LogP contribution in [0.5, 0.6) is 0 Å². The average molecular weight is 311 g/mol. The molecule has 0 aromatic carbocycles. The number of ether oxygens (including phenoxy) is 1. The van der Waals surface area contributed by atoms with Gasteiger partial charge in [0, 0.05) is 18.5 Å². The first kappa shape index (κ1) is 16.4. The SMILES string of the molecule is CCCCC(N)c1nc(C(=O)N2CC(C)OC(C)C2)cs1. The van der Waals surface area contributed by atoms with Gasteiger partial charge in [-0.15, -0.1) is 11.3 Å². The fourth-order valence-corrected chi connectivity index (χ4v) is 3.44. The van der Waals surface area contributed by atoms with Crippen LogP contribution in [-0.4, -0.2) is 41.1 Å². The lowest BCUT2D eigenvalue weighted by molar-refractivity contribution is -0.0587. The Morgan fingerprint density at radius 3 is 2.81 bits per heavy atom. The summed E-state index contributed by atoms with van der Waals surface area (Å²) < 4.78 is 5.66. The number of unbranched alkanes of at least 4 members (excludes halogenated alkanes) is 1. The minimum absolute atomic E-state index is 0.0119. The molecule has 2 N–H and O–H groups in total. The van der Waals surface area contributed by atoms with E-state index in [0.29, 0.717) is 18.8 Å². The van der Waals surface area contributed by atoms with Gasteiger partial charge in [0.05, 0.1) is 18.2 Å². The Morgan fingerprint density at radius 2 is 2.19 bits per heavy atom. The van der Waals surface area contributed by atoms with Crippen LogP contribution in [0.2, 0.25) is 0 Å². The molecule has 1 aromatic heterocycles. The minimum Gasteiger partial charge on any atom is -0.372 e. The third-order valence-electron chi connectivity index (χ3n) is 3.63. The second kappa shape index (κ2) is 7.33. The number of carbonyl (C=O) groups is 1. The van der Waals surface area contributed by atoms with Crippen LogP contribution in [0.15, 0.2) is 5.38 Å². The van der Waals surface area contributed by atoms with E-state index in [9.17, 15) is 4.79 Å². The van der Waals surface area contributed by atoms with Crippen LogP contribution in [0.3, 0.4) is 0 Å². The lowest BCUT2D eigenvalue weighted by Gasteiger charge is -2.34. The van der Waals surface area contributed by atoms with Crippen molar-refractivity contribution in [3.63, 3.8) is 0 Å². The number of nitrogens with zero attached hydrogens (tertiary/aromatic N) is 2. The highest BCUT2D eigenvalue weighted by Gasteiger charge is 2.28. The van der Waals surface area contributed by atoms with Crippen molar-refractivity contribution in [3.8, 4) is 0 Å². The van der Waals surface area contributed by atoms with Crippen molar-refractivity contribution in [2.45, 2.75) is 58.3 Å². The monoisotopic (exact) mass is 311 g/mol. The average Bonchev–Trinajstić information content (AvgIpc) is 2.92. The van der Waals surface area contributed by atoms with E-state index in [0.717, 1.165) is 24.3 Å². The van der Waals surface area contributed by atoms with Crippen LogP contribution >= 0.6 is 11.3 Å². The smallest absolute Gasteiger partial charge is 0.273 e. The van der Waals surface area contributed by atoms with Crippen LogP contribution in [0.25, 0.3) is 0 Å². The standard InChI is InChI=1S/C15H25N3O2S/c1-4-5-6-12(16)14-17-13(9-21-14)15(19)18-7-10(2)20-11(3)8-18/h9-12H,4-8,16H2,1-3H3. The van der Waals surface area contributed by atoms with Gasteiger partial charge in [0.15, 0.2) is 0 Å². The van der Waals surface area contributed by atoms with Gasteiger partial charge in [0.1, 0.15) is 10.7 Å². The summed E-state index contributed by atoms with van der Waals surface area (Å²) in [6, 6.07) is -0.0564. The van der Waals surface area contributed by atoms with Crippen molar-refractivity contribution in [3.05, 3.63) is 16.1 Å². The number of hydrogen-bond acceptors (Lipinski definition) is 5. The summed E-state index contributed by atoms with van der Waals surface area (Å²) >= 11 is 1.49. The first-order chi connectivity index (χ1) is 10.0. The zero-order valence-electron chi connectivity index (χ0n) is 13.0. The first-order valence-electron chi connectivity index (χ1n) is 7.67. The molecular weight excluding hydrogens is 286 g/mol. The molecule has 6 heteroatoms. The molecule has 1 aromatic rings. The van der Waals surface area contributed by atoms with Gasteiger partial charge in [0.2, 0.25) is 0 Å². The molecule has 5 nitrogen and oxygen atoms in total. The highest BCUT2D eigenvalue weighted by atomic mass is 32.1. The second-order valence-electron chi connectivity index (χ2n) is 5.79. The molecule has 0 spiro atoms. The van der Waals surface area contributed by atoms with Crippen molar-refractivity contribution >= 4 is 17.2 Å². The first-order valence-corrected chi connectivity index (χ1v) is 8.55. The summed E-state index contributed by atoms with van der Waals surface area (Å²) in [7, 11) is 0. The predicted octanol–water partition coefficient (Wildman–Crippen LogP) is 2.58. The molecule has 118 valence electrons. The summed E-state index contributed by atoms with van der Waals surface area (Å²) in [4.78, 5) is 18.8. The molecule has 2 heterocycles. The number of morpholine rings is 1. The van der Waals surface area contributed by atoms with E-state index in [-0.39, 0.29) is 24.2 Å². The molecule has 1 aliphatic heterocycles. The quantitative estimate of drug-likeness (QED) is 0.907. The Bertz CT molecular complexity index is 467. The number of carbonyl (C=O) groups excluding carboxylic acids is 1. The molecule has 0 saturated carbocycles. The summed E-state index contributed by atoms with van der Waals surface area (Å²) in [5.74, 6) is -0.0119. The van der Waals surface area contributed by atoms with Crippen molar-refractivity contribution in [2.75, 3.05) is 13.1 Å². The number of rotatable bonds is 5. The molecule has 0 bridgehead atoms. The molecule has 2 rings (SSSR count). The maximum atomic E-state index is 12.5. The predicted molar refractivity (Wildman–Crippen MR) is 84.5 cm³/mol. The summed E-state index contributed by atoms with van der Waals surface area (Å²) in [5.41, 5.74) is 6.64. The normalized spacial score (nSPS) is 24.1. The zero-order valence-corrected chi connectivity index (χ0v) is 13.9. The molecule has 1 amide bonds. The van der Waals surface area contributed by atoms with Crippen LogP contribution in [0.4, 0.5) is 0 Å². The number of hydrogen-bond donors (Lipinski definition) is 1. The van der Waals surface area contributed by atoms with E-state index >= 15 is 0 Å². The molecule has 1 saturated heterocycles. The molecular formula is C15H25N3O2S. The van der Waals surface area contributed by atoms with Gasteiger partial charge in [-0.3, -0.25) is 4.79 Å². The van der Waals surface area contributed by atoms with Gasteiger partial charge in [-0.05, 0) is 20.3 Å². The Balaban J connectivity index is 2.01. The van der Waals surface area contributed by atoms with Gasteiger partial charge in [-0.2, -0.15) is 0 Å². The largest absolute Gasteiger partial charge is 0.372 e. The van der Waals surface area contributed by atoms with Crippen molar-refractivity contribution < 1.29 is 9.53 Å². The fourth-order valence-electron chi connectivity index (χ4n) is 2.61. The second-order valence-corrected chi connectivity index (χ2v) is 6.68. The van der Waals surface area contributed by atoms with Crippen LogP contribution in [-0.2, 0) is 4.74 Å². The van der Waals surface area contributed by atoms with E-state index in [2.05, 4.69) is 11.9 Å². The van der Waals surface area contributed by atoms with E-state index < -0.39 is 0 Å². The zero-order chi connectivity index (χ0) is 15.4. The third-order valence-corrected chi connectivity index (χ3v) is 4.61. The van der Waals surface area contributed by atoms with Crippen LogP contribution in [0, 0.1) is 0 Å². The highest BCUT2D eigenvalue weighted by Crippen LogP contribution is 2.22. The van der Waals surface area contributed by atoms with E-state index in [4.69, 9.17) is 10.5 Å². The molecule has 3 unspecified atom stereocenters. The number of nitrogens with two attached hydrogens (primary N) is 1. The maximum Gasteiger partial charge on any atom is 0.273 e. The summed E-state index contributed by atoms with van der Waals surface area (Å²) in [5, 5.41) is 2.69. The van der Waals surface area contributed by atoms with Crippen molar-refractivity contribution in [2.24, 2.45) is 5.73 Å². The number of aromatic nitrogens is 1. The Morgan fingerprint density at radius 1 is 1.52 bits per heavy atom. The van der Waals surface area contributed by atoms with Gasteiger partial charge in [-0.1, -0.05) is 19.8 Å². The Labute approximate surface area is 130 Å². The third kappa shape index (κ3) is 4.25. The fraction of sp³-hybridized carbons (Fsp3) is 0.733. The highest BCUT2D eigenvalue weighted by molar-refractivity contribution is 7.09. The van der Waals surface area contributed by atoms with E-state index in [1.807, 2.05) is 24.1 Å². The van der Waals surface area contributed by atoms with Gasteiger partial charge in [0.25, 0.3) is 5.91 Å². The van der Waals surface area contributed by atoms with E-state index in [1.165, 1.54) is 11.3 Å². The summed E-state index contributed by atoms with van der Waals surface area (Å²) in [6.45, 7) is 7.37. The lowest BCUT2D eigenvalue weighted by atomic mass is 10.1. The summed E-state index contributed by atoms with van der Waals surface area (Å²) in [6.07, 6.45) is 3.27. The Hall–Kier alpha value is -0.980. The van der Waals surface area contributed by atoms with Gasteiger partial charge in [-0.25, -0.2) is 4.98 Å². The minimum atomic E-state index is -0.0564. The molecule has 21 heavy (non-hydrogen) atoms. The van der Waals surface area contributed by atoms with Crippen LogP contribution in [0.1, 0.15) is 61.6 Å². The molecule has 1 fully saturated rings. The van der Waals surface area contributed by atoms with E-state index in [1.54, 1.807) is 0 Å². The Kier molecular flexibility index (Phi) is 5.72. The molecule has 0 aliphatic carbocycles. The van der Waals surface area contributed by atoms with Crippen molar-refractivity contribution in [1.29, 1.82) is 0 Å². The number of amides is 1. The van der Waals surface area contributed by atoms with Gasteiger partial charge >= 0.3 is 0 Å². The van der Waals surface area contributed by atoms with Crippen molar-refractivity contribution in [1.82, 2.24) is 9.88 Å². The van der Waals surface area contributed by atoms with Crippen LogP contribution < -0.4 is 5.73 Å². The maximum absolute atomic E-state index is 12.5. The van der Waals surface area contributed by atoms with Gasteiger partial charge < -0.3 is 15.4 Å². The molecule has 1 aliphatic rings. The molecule has 0 radical (unpaired) electrons. The molecule has 3 atom stereocenters. The topological polar surface area (TPSA) is 68.5 Å². The lowest BCUT2D eigenvalue weighted by Crippen LogP contribution is -2.48.